The predicted octanol–water partition coefficient (Wildman–Crippen LogP) is 2.51. The molecule has 2 aliphatic carbocycles. The molecule has 4 rings (SSSR count). The van der Waals surface area contributed by atoms with E-state index in [0.717, 1.165) is 25.2 Å². The maximum absolute atomic E-state index is 13.0. The quantitative estimate of drug-likeness (QED) is 0.841. The van der Waals surface area contributed by atoms with Crippen molar-refractivity contribution in [3.63, 3.8) is 0 Å². The molecule has 0 unspecified atom stereocenters. The summed E-state index contributed by atoms with van der Waals surface area (Å²) >= 11 is 5.93. The number of allylic oxidation sites excluding steroid dienone is 2. The van der Waals surface area contributed by atoms with Gasteiger partial charge in [-0.05, 0) is 42.5 Å². The first-order valence-electron chi connectivity index (χ1n) is 8.75. The van der Waals surface area contributed by atoms with Gasteiger partial charge in [-0.25, -0.2) is 0 Å². The van der Waals surface area contributed by atoms with E-state index >= 15 is 0 Å². The SMILES string of the molecule is O=C(O)[C@H]1[C@H](C(=O)N2CCN(c3ccc(Cl)cc3)CC2)[C@H]2C=C[C@H]1C2. The van der Waals surface area contributed by atoms with E-state index in [1.165, 1.54) is 0 Å². The summed E-state index contributed by atoms with van der Waals surface area (Å²) in [7, 11) is 0. The molecule has 1 aromatic carbocycles. The van der Waals surface area contributed by atoms with Crippen LogP contribution in [-0.2, 0) is 9.59 Å². The summed E-state index contributed by atoms with van der Waals surface area (Å²) in [6, 6.07) is 7.71. The van der Waals surface area contributed by atoms with Crippen LogP contribution in [-0.4, -0.2) is 48.1 Å². The maximum atomic E-state index is 13.0. The molecule has 25 heavy (non-hydrogen) atoms. The first-order valence-corrected chi connectivity index (χ1v) is 9.13. The van der Waals surface area contributed by atoms with Gasteiger partial charge in [-0.3, -0.25) is 9.59 Å². The highest BCUT2D eigenvalue weighted by molar-refractivity contribution is 6.30. The molecule has 2 bridgehead atoms. The number of hydrogen-bond donors (Lipinski definition) is 1. The molecule has 1 amide bonds. The molecule has 4 atom stereocenters. The molecular formula is C19H21ClN2O3. The van der Waals surface area contributed by atoms with Crippen molar-refractivity contribution in [2.24, 2.45) is 23.7 Å². The molecule has 1 N–H and O–H groups in total. The van der Waals surface area contributed by atoms with Gasteiger partial charge >= 0.3 is 5.97 Å². The number of carbonyl (C=O) groups excluding carboxylic acids is 1. The zero-order chi connectivity index (χ0) is 17.6. The van der Waals surface area contributed by atoms with Crippen LogP contribution in [0.15, 0.2) is 36.4 Å². The molecule has 1 aliphatic heterocycles. The van der Waals surface area contributed by atoms with Crippen LogP contribution in [0.25, 0.3) is 0 Å². The van der Waals surface area contributed by atoms with Crippen LogP contribution in [0.5, 0.6) is 0 Å². The monoisotopic (exact) mass is 360 g/mol. The fourth-order valence-corrected chi connectivity index (χ4v) is 4.67. The Morgan fingerprint density at radius 2 is 1.56 bits per heavy atom. The third kappa shape index (κ3) is 2.91. The number of piperazine rings is 1. The van der Waals surface area contributed by atoms with Crippen LogP contribution < -0.4 is 4.90 Å². The van der Waals surface area contributed by atoms with Crippen LogP contribution in [0.1, 0.15) is 6.42 Å². The number of carbonyl (C=O) groups is 2. The zero-order valence-corrected chi connectivity index (χ0v) is 14.6. The molecule has 1 saturated carbocycles. The number of aliphatic carboxylic acids is 1. The van der Waals surface area contributed by atoms with E-state index in [1.54, 1.807) is 0 Å². The normalized spacial score (nSPS) is 30.8. The molecule has 1 heterocycles. The summed E-state index contributed by atoms with van der Waals surface area (Å²) in [5.74, 6) is -1.67. The zero-order valence-electron chi connectivity index (χ0n) is 13.8. The van der Waals surface area contributed by atoms with Crippen LogP contribution in [0.4, 0.5) is 5.69 Å². The highest BCUT2D eigenvalue weighted by atomic mass is 35.5. The predicted molar refractivity (Wildman–Crippen MR) is 95.6 cm³/mol. The van der Waals surface area contributed by atoms with E-state index in [1.807, 2.05) is 41.3 Å². The summed E-state index contributed by atoms with van der Waals surface area (Å²) in [6.45, 7) is 2.76. The first-order chi connectivity index (χ1) is 12.0. The lowest BCUT2D eigenvalue weighted by molar-refractivity contribution is -0.151. The fourth-order valence-electron chi connectivity index (χ4n) is 4.54. The van der Waals surface area contributed by atoms with Gasteiger partial charge in [0, 0.05) is 36.9 Å². The summed E-state index contributed by atoms with van der Waals surface area (Å²) in [5.41, 5.74) is 1.10. The highest BCUT2D eigenvalue weighted by Crippen LogP contribution is 2.48. The number of hydrogen-bond acceptors (Lipinski definition) is 3. The number of amides is 1. The summed E-state index contributed by atoms with van der Waals surface area (Å²) in [6.07, 6.45) is 4.82. The van der Waals surface area contributed by atoms with Gasteiger partial charge in [0.25, 0.3) is 0 Å². The van der Waals surface area contributed by atoms with E-state index in [9.17, 15) is 14.7 Å². The number of benzene rings is 1. The Balaban J connectivity index is 1.42. The maximum Gasteiger partial charge on any atom is 0.307 e. The number of rotatable bonds is 3. The lowest BCUT2D eigenvalue weighted by atomic mass is 9.82. The van der Waals surface area contributed by atoms with E-state index in [4.69, 9.17) is 11.6 Å². The van der Waals surface area contributed by atoms with E-state index < -0.39 is 17.8 Å². The molecule has 3 aliphatic rings. The number of anilines is 1. The third-order valence-electron chi connectivity index (χ3n) is 5.81. The lowest BCUT2D eigenvalue weighted by Crippen LogP contribution is -2.52. The molecule has 0 spiro atoms. The van der Waals surface area contributed by atoms with Gasteiger partial charge in [0.15, 0.2) is 0 Å². The van der Waals surface area contributed by atoms with E-state index in [-0.39, 0.29) is 17.7 Å². The number of nitrogens with zero attached hydrogens (tertiary/aromatic N) is 2. The molecule has 0 radical (unpaired) electrons. The summed E-state index contributed by atoms with van der Waals surface area (Å²) < 4.78 is 0. The minimum atomic E-state index is -0.838. The van der Waals surface area contributed by atoms with Crippen LogP contribution in [0.3, 0.4) is 0 Å². The Labute approximate surface area is 151 Å². The second kappa shape index (κ2) is 6.37. The van der Waals surface area contributed by atoms with Gasteiger partial charge in [-0.1, -0.05) is 23.8 Å². The van der Waals surface area contributed by atoms with Crippen molar-refractivity contribution in [1.82, 2.24) is 4.90 Å². The minimum absolute atomic E-state index is 0.0139. The van der Waals surface area contributed by atoms with Crippen molar-refractivity contribution in [3.8, 4) is 0 Å². The topological polar surface area (TPSA) is 60.9 Å². The number of carboxylic acid groups (broad SMARTS) is 1. The van der Waals surface area contributed by atoms with E-state index in [0.29, 0.717) is 18.1 Å². The van der Waals surface area contributed by atoms with E-state index in [2.05, 4.69) is 4.90 Å². The standard InChI is InChI=1S/C19H21ClN2O3/c20-14-3-5-15(6-4-14)21-7-9-22(10-8-21)18(23)16-12-1-2-13(11-12)17(16)19(24)25/h1-6,12-13,16-17H,7-11H2,(H,24,25)/t12-,13-,16+,17+/m0/s1. The molecule has 5 nitrogen and oxygen atoms in total. The van der Waals surface area contributed by atoms with Crippen LogP contribution >= 0.6 is 11.6 Å². The molecular weight excluding hydrogens is 340 g/mol. The average Bonchev–Trinajstić information content (AvgIpc) is 3.23. The third-order valence-corrected chi connectivity index (χ3v) is 6.06. The van der Waals surface area contributed by atoms with Gasteiger partial charge < -0.3 is 14.9 Å². The summed E-state index contributed by atoms with van der Waals surface area (Å²) in [5, 5.41) is 10.3. The molecule has 1 aromatic rings. The van der Waals surface area contributed by atoms with Crippen molar-refractivity contribution in [1.29, 1.82) is 0 Å². The second-order valence-corrected chi connectivity index (χ2v) is 7.56. The number of halogens is 1. The Kier molecular flexibility index (Phi) is 4.20. The Morgan fingerprint density at radius 1 is 0.960 bits per heavy atom. The largest absolute Gasteiger partial charge is 0.481 e. The number of fused-ring (bicyclic) bond motifs is 2. The molecule has 132 valence electrons. The lowest BCUT2D eigenvalue weighted by Gasteiger charge is -2.38. The smallest absolute Gasteiger partial charge is 0.307 e. The van der Waals surface area contributed by atoms with Crippen LogP contribution in [0, 0.1) is 23.7 Å². The van der Waals surface area contributed by atoms with Gasteiger partial charge in [-0.2, -0.15) is 0 Å². The summed E-state index contributed by atoms with van der Waals surface area (Å²) in [4.78, 5) is 28.7. The molecule has 0 aromatic heterocycles. The first kappa shape index (κ1) is 16.5. The van der Waals surface area contributed by atoms with Gasteiger partial charge in [-0.15, -0.1) is 0 Å². The van der Waals surface area contributed by atoms with Gasteiger partial charge in [0.05, 0.1) is 11.8 Å². The van der Waals surface area contributed by atoms with Crippen molar-refractivity contribution in [2.45, 2.75) is 6.42 Å². The Hall–Kier alpha value is -2.01. The number of carboxylic acids is 1. The highest BCUT2D eigenvalue weighted by Gasteiger charge is 2.52. The van der Waals surface area contributed by atoms with Crippen LogP contribution in [0.2, 0.25) is 5.02 Å². The Morgan fingerprint density at radius 3 is 2.16 bits per heavy atom. The molecule has 6 heteroatoms. The fraction of sp³-hybridized carbons (Fsp3) is 0.474. The van der Waals surface area contributed by atoms with Gasteiger partial charge in [0.1, 0.15) is 0 Å². The average molecular weight is 361 g/mol. The van der Waals surface area contributed by atoms with Crippen molar-refractivity contribution >= 4 is 29.2 Å². The second-order valence-electron chi connectivity index (χ2n) is 7.13. The van der Waals surface area contributed by atoms with Crippen molar-refractivity contribution in [2.75, 3.05) is 31.1 Å². The van der Waals surface area contributed by atoms with Crippen molar-refractivity contribution < 1.29 is 14.7 Å². The minimum Gasteiger partial charge on any atom is -0.481 e. The van der Waals surface area contributed by atoms with Crippen molar-refractivity contribution in [3.05, 3.63) is 41.4 Å². The molecule has 1 saturated heterocycles. The molecule has 2 fully saturated rings. The van der Waals surface area contributed by atoms with Gasteiger partial charge in [0.2, 0.25) is 5.91 Å². The Bertz CT molecular complexity index is 710.